The number of halogens is 1. The molecule has 1 saturated heterocycles. The van der Waals surface area contributed by atoms with Crippen LogP contribution in [-0.2, 0) is 0 Å². The van der Waals surface area contributed by atoms with Crippen molar-refractivity contribution in [3.63, 3.8) is 0 Å². The Bertz CT molecular complexity index is 1090. The third kappa shape index (κ3) is 5.98. The number of benzene rings is 1. The molecule has 4 rings (SSSR count). The van der Waals surface area contributed by atoms with Crippen LogP contribution in [0.5, 0.6) is 0 Å². The Morgan fingerprint density at radius 2 is 2.12 bits per heavy atom. The Morgan fingerprint density at radius 1 is 1.27 bits per heavy atom. The quantitative estimate of drug-likeness (QED) is 0.384. The smallest absolute Gasteiger partial charge is 0.267 e. The van der Waals surface area contributed by atoms with Gasteiger partial charge in [0, 0.05) is 18.7 Å². The van der Waals surface area contributed by atoms with E-state index in [0.29, 0.717) is 32.6 Å². The van der Waals surface area contributed by atoms with Crippen molar-refractivity contribution in [1.29, 1.82) is 0 Å². The number of aromatic nitrogens is 3. The minimum atomic E-state index is -0.255. The predicted octanol–water partition coefficient (Wildman–Crippen LogP) is 5.18. The van der Waals surface area contributed by atoms with Crippen molar-refractivity contribution >= 4 is 51.3 Å². The van der Waals surface area contributed by atoms with Crippen molar-refractivity contribution in [1.82, 2.24) is 19.9 Å². The van der Waals surface area contributed by atoms with Gasteiger partial charge in [0.15, 0.2) is 5.13 Å². The molecule has 10 heteroatoms. The van der Waals surface area contributed by atoms with E-state index in [2.05, 4.69) is 42.7 Å². The standard InChI is InChI=1S/C23H28ClN7OS/c1-3-9-31-10-5-7-16(31)12-25-19-11-20(28-14-27-19)29-23-26-13-18(33-23)22(32)30-21-15(2)6-4-8-17(21)24/h4,6,8,11,13-14,16H,3,5,7,9-10,12H2,1-2H3,(H,30,32)(H2,25,26,27,28,29). The number of likely N-dealkylation sites (tertiary alicyclic amines) is 1. The van der Waals surface area contributed by atoms with Crippen molar-refractivity contribution in [2.45, 2.75) is 39.2 Å². The monoisotopic (exact) mass is 485 g/mol. The van der Waals surface area contributed by atoms with E-state index >= 15 is 0 Å². The maximum absolute atomic E-state index is 12.7. The van der Waals surface area contributed by atoms with Gasteiger partial charge in [0.25, 0.3) is 5.91 Å². The van der Waals surface area contributed by atoms with Gasteiger partial charge in [-0.15, -0.1) is 0 Å². The number of amides is 1. The van der Waals surface area contributed by atoms with E-state index in [4.69, 9.17) is 11.6 Å². The molecule has 3 aromatic rings. The van der Waals surface area contributed by atoms with Gasteiger partial charge in [-0.3, -0.25) is 9.69 Å². The van der Waals surface area contributed by atoms with Crippen LogP contribution in [0, 0.1) is 6.92 Å². The van der Waals surface area contributed by atoms with Crippen molar-refractivity contribution < 1.29 is 4.79 Å². The van der Waals surface area contributed by atoms with E-state index in [9.17, 15) is 4.79 Å². The fourth-order valence-electron chi connectivity index (χ4n) is 3.96. The van der Waals surface area contributed by atoms with Crippen molar-refractivity contribution in [3.05, 3.63) is 52.3 Å². The second kappa shape index (κ2) is 10.9. The summed E-state index contributed by atoms with van der Waals surface area (Å²) in [6.07, 6.45) is 6.69. The minimum Gasteiger partial charge on any atom is -0.368 e. The van der Waals surface area contributed by atoms with E-state index < -0.39 is 0 Å². The van der Waals surface area contributed by atoms with Crippen LogP contribution in [0.1, 0.15) is 41.4 Å². The number of hydrogen-bond acceptors (Lipinski definition) is 8. The number of aryl methyl sites for hydroxylation is 1. The molecule has 0 saturated carbocycles. The van der Waals surface area contributed by atoms with Gasteiger partial charge in [0.05, 0.1) is 16.9 Å². The highest BCUT2D eigenvalue weighted by Gasteiger charge is 2.23. The summed E-state index contributed by atoms with van der Waals surface area (Å²) in [5, 5.41) is 10.5. The molecule has 174 valence electrons. The van der Waals surface area contributed by atoms with Crippen molar-refractivity contribution in [3.8, 4) is 0 Å². The van der Waals surface area contributed by atoms with Gasteiger partial charge in [-0.25, -0.2) is 15.0 Å². The molecule has 8 nitrogen and oxygen atoms in total. The zero-order valence-electron chi connectivity index (χ0n) is 18.8. The lowest BCUT2D eigenvalue weighted by Gasteiger charge is -2.24. The summed E-state index contributed by atoms with van der Waals surface area (Å²) in [6.45, 7) is 7.29. The molecule has 0 radical (unpaired) electrons. The second-order valence-corrected chi connectivity index (χ2v) is 9.48. The number of hydrogen-bond donors (Lipinski definition) is 3. The predicted molar refractivity (Wildman–Crippen MR) is 135 cm³/mol. The first-order valence-corrected chi connectivity index (χ1v) is 12.3. The molecule has 0 bridgehead atoms. The Balaban J connectivity index is 1.36. The number of nitrogens with one attached hydrogen (secondary N) is 3. The van der Waals surface area contributed by atoms with E-state index in [1.54, 1.807) is 6.07 Å². The maximum Gasteiger partial charge on any atom is 0.267 e. The van der Waals surface area contributed by atoms with Crippen molar-refractivity contribution in [2.75, 3.05) is 35.6 Å². The fraction of sp³-hybridized carbons (Fsp3) is 0.391. The summed E-state index contributed by atoms with van der Waals surface area (Å²) < 4.78 is 0. The van der Waals surface area contributed by atoms with Crippen LogP contribution in [0.15, 0.2) is 36.8 Å². The second-order valence-electron chi connectivity index (χ2n) is 8.04. The zero-order valence-corrected chi connectivity index (χ0v) is 20.3. The van der Waals surface area contributed by atoms with Gasteiger partial charge < -0.3 is 16.0 Å². The first-order chi connectivity index (χ1) is 16.0. The van der Waals surface area contributed by atoms with Crippen LogP contribution in [0.4, 0.5) is 22.5 Å². The Labute approximate surface area is 202 Å². The van der Waals surface area contributed by atoms with Crippen LogP contribution < -0.4 is 16.0 Å². The summed E-state index contributed by atoms with van der Waals surface area (Å²) >= 11 is 7.46. The molecule has 0 spiro atoms. The average Bonchev–Trinajstić information content (AvgIpc) is 3.45. The van der Waals surface area contributed by atoms with Gasteiger partial charge in [-0.05, 0) is 50.9 Å². The van der Waals surface area contributed by atoms with Crippen LogP contribution in [-0.4, -0.2) is 51.4 Å². The van der Waals surface area contributed by atoms with Gasteiger partial charge in [-0.2, -0.15) is 0 Å². The third-order valence-electron chi connectivity index (χ3n) is 5.62. The maximum atomic E-state index is 12.7. The SMILES string of the molecule is CCCN1CCCC1CNc1cc(Nc2ncc(C(=O)Nc3c(C)cccc3Cl)s2)ncn1. The highest BCUT2D eigenvalue weighted by molar-refractivity contribution is 7.17. The van der Waals surface area contributed by atoms with Crippen molar-refractivity contribution in [2.24, 2.45) is 0 Å². The van der Waals surface area contributed by atoms with Crippen LogP contribution >= 0.6 is 22.9 Å². The van der Waals surface area contributed by atoms with Gasteiger partial charge in [0.2, 0.25) is 0 Å². The lowest BCUT2D eigenvalue weighted by Crippen LogP contribution is -2.35. The number of nitrogens with zero attached hydrogens (tertiary/aromatic N) is 4. The summed E-state index contributed by atoms with van der Waals surface area (Å²) in [7, 11) is 0. The first-order valence-electron chi connectivity index (χ1n) is 11.1. The molecule has 1 unspecified atom stereocenters. The number of thiazole rings is 1. The third-order valence-corrected chi connectivity index (χ3v) is 6.85. The number of carbonyl (C=O) groups excluding carboxylic acids is 1. The lowest BCUT2D eigenvalue weighted by atomic mass is 10.2. The Kier molecular flexibility index (Phi) is 7.74. The van der Waals surface area contributed by atoms with Crippen LogP contribution in [0.25, 0.3) is 0 Å². The molecule has 2 aromatic heterocycles. The molecule has 3 N–H and O–H groups in total. The van der Waals surface area contributed by atoms with Gasteiger partial charge in [0.1, 0.15) is 22.8 Å². The largest absolute Gasteiger partial charge is 0.368 e. The zero-order chi connectivity index (χ0) is 23.2. The highest BCUT2D eigenvalue weighted by Crippen LogP contribution is 2.28. The van der Waals surface area contributed by atoms with Crippen LogP contribution in [0.3, 0.4) is 0 Å². The number of para-hydroxylation sites is 1. The number of anilines is 4. The summed E-state index contributed by atoms with van der Waals surface area (Å²) in [6, 6.07) is 7.89. The Morgan fingerprint density at radius 3 is 2.94 bits per heavy atom. The topological polar surface area (TPSA) is 95.1 Å². The molecule has 1 amide bonds. The molecule has 33 heavy (non-hydrogen) atoms. The molecule has 3 heterocycles. The minimum absolute atomic E-state index is 0.255. The molecule has 1 aliphatic heterocycles. The summed E-state index contributed by atoms with van der Waals surface area (Å²) in [5.41, 5.74) is 1.51. The fourth-order valence-corrected chi connectivity index (χ4v) is 4.95. The summed E-state index contributed by atoms with van der Waals surface area (Å²) in [5.74, 6) is 1.13. The van der Waals surface area contributed by atoms with E-state index in [1.165, 1.54) is 49.7 Å². The van der Waals surface area contributed by atoms with E-state index in [-0.39, 0.29) is 5.91 Å². The van der Waals surface area contributed by atoms with Gasteiger partial charge in [-0.1, -0.05) is 42.0 Å². The molecule has 1 atom stereocenters. The normalized spacial score (nSPS) is 16.0. The molecular weight excluding hydrogens is 458 g/mol. The molecule has 1 fully saturated rings. The van der Waals surface area contributed by atoms with E-state index in [1.807, 2.05) is 25.1 Å². The molecule has 1 aromatic carbocycles. The average molecular weight is 486 g/mol. The summed E-state index contributed by atoms with van der Waals surface area (Å²) in [4.78, 5) is 28.6. The first kappa shape index (κ1) is 23.4. The number of carbonyl (C=O) groups is 1. The molecule has 0 aliphatic carbocycles. The van der Waals surface area contributed by atoms with Gasteiger partial charge >= 0.3 is 0 Å². The highest BCUT2D eigenvalue weighted by atomic mass is 35.5. The van der Waals surface area contributed by atoms with Crippen LogP contribution in [0.2, 0.25) is 5.02 Å². The molecular formula is C23H28ClN7OS. The van der Waals surface area contributed by atoms with E-state index in [0.717, 1.165) is 24.5 Å². The number of rotatable bonds is 9. The lowest BCUT2D eigenvalue weighted by molar-refractivity contribution is 0.103. The molecule has 1 aliphatic rings. The Hall–Kier alpha value is -2.75.